The van der Waals surface area contributed by atoms with Crippen LogP contribution in [0.4, 0.5) is 5.82 Å². The number of hydrogen-bond donors (Lipinski definition) is 1. The first-order valence-electron chi connectivity index (χ1n) is 13.1. The number of piperidine rings is 1. The fraction of sp³-hybridized carbons (Fsp3) is 0.654. The number of carbonyl (C=O) groups excluding carboxylic acids is 1. The van der Waals surface area contributed by atoms with Gasteiger partial charge in [-0.3, -0.25) is 9.69 Å². The van der Waals surface area contributed by atoms with E-state index in [9.17, 15) is 4.79 Å². The minimum Gasteiger partial charge on any atom is -0.357 e. The average molecular weight is 451 g/mol. The Kier molecular flexibility index (Phi) is 7.24. The van der Waals surface area contributed by atoms with Crippen LogP contribution in [0.5, 0.6) is 0 Å². The van der Waals surface area contributed by atoms with Crippen LogP contribution in [-0.4, -0.2) is 64.3 Å². The number of nitrogens with one attached hydrogen (secondary N) is 1. The van der Waals surface area contributed by atoms with E-state index in [1.54, 1.807) is 0 Å². The van der Waals surface area contributed by atoms with E-state index in [-0.39, 0.29) is 11.9 Å². The molecule has 2 aromatic rings. The van der Waals surface area contributed by atoms with Crippen LogP contribution >= 0.6 is 0 Å². The van der Waals surface area contributed by atoms with Crippen molar-refractivity contribution >= 4 is 22.8 Å². The molecule has 0 saturated carbocycles. The fourth-order valence-electron chi connectivity index (χ4n) is 5.40. The molecule has 178 valence electrons. The molecule has 6 heterocycles. The van der Waals surface area contributed by atoms with Gasteiger partial charge in [0, 0.05) is 45.3 Å². The van der Waals surface area contributed by atoms with Gasteiger partial charge in [-0.1, -0.05) is 31.4 Å². The number of nitrogens with zero attached hydrogens (tertiary/aromatic N) is 5. The highest BCUT2D eigenvalue weighted by atomic mass is 16.2. The zero-order valence-corrected chi connectivity index (χ0v) is 19.8. The SMILES string of the molecule is O=C1NC2CCN(C/C=C/CCCCCn3nc1c1ccc(N4CCCCCC4)nc13)CC2. The summed E-state index contributed by atoms with van der Waals surface area (Å²) >= 11 is 0. The first-order chi connectivity index (χ1) is 16.3. The van der Waals surface area contributed by atoms with Crippen molar-refractivity contribution in [3.63, 3.8) is 0 Å². The topological polar surface area (TPSA) is 66.3 Å². The summed E-state index contributed by atoms with van der Waals surface area (Å²) in [7, 11) is 0. The van der Waals surface area contributed by atoms with Gasteiger partial charge in [0.25, 0.3) is 5.91 Å². The lowest BCUT2D eigenvalue weighted by atomic mass is 10.0. The Morgan fingerprint density at radius 1 is 0.848 bits per heavy atom. The number of fused-ring (bicyclic) bond motifs is 10. The third-order valence-electron chi connectivity index (χ3n) is 7.42. The second-order valence-corrected chi connectivity index (χ2v) is 9.88. The monoisotopic (exact) mass is 450 g/mol. The highest BCUT2D eigenvalue weighted by molar-refractivity contribution is 6.04. The molecule has 0 atom stereocenters. The Bertz CT molecular complexity index is 967. The lowest BCUT2D eigenvalue weighted by Gasteiger charge is -2.31. The summed E-state index contributed by atoms with van der Waals surface area (Å²) in [5.41, 5.74) is 1.39. The second kappa shape index (κ2) is 10.7. The van der Waals surface area contributed by atoms with Gasteiger partial charge < -0.3 is 10.2 Å². The minimum atomic E-state index is -0.0502. The summed E-state index contributed by atoms with van der Waals surface area (Å²) in [6.45, 7) is 6.02. The first-order valence-corrected chi connectivity index (χ1v) is 13.1. The number of anilines is 1. The molecule has 0 spiro atoms. The second-order valence-electron chi connectivity index (χ2n) is 9.88. The molecule has 7 heteroatoms. The third-order valence-corrected chi connectivity index (χ3v) is 7.42. The van der Waals surface area contributed by atoms with Crippen LogP contribution in [0.2, 0.25) is 0 Å². The van der Waals surface area contributed by atoms with E-state index in [1.807, 2.05) is 4.68 Å². The molecule has 2 fully saturated rings. The van der Waals surface area contributed by atoms with Crippen LogP contribution in [0.1, 0.15) is 74.7 Å². The number of aromatic nitrogens is 3. The van der Waals surface area contributed by atoms with E-state index in [4.69, 9.17) is 10.1 Å². The summed E-state index contributed by atoms with van der Waals surface area (Å²) in [5, 5.41) is 8.96. The maximum Gasteiger partial charge on any atom is 0.272 e. The van der Waals surface area contributed by atoms with Gasteiger partial charge in [-0.25, -0.2) is 9.67 Å². The maximum absolute atomic E-state index is 13.3. The first kappa shape index (κ1) is 22.4. The van der Waals surface area contributed by atoms with Gasteiger partial charge in [-0.2, -0.15) is 5.10 Å². The molecule has 7 nitrogen and oxygen atoms in total. The van der Waals surface area contributed by atoms with Gasteiger partial charge >= 0.3 is 0 Å². The molecule has 2 saturated heterocycles. The molecule has 1 amide bonds. The van der Waals surface area contributed by atoms with Crippen LogP contribution in [-0.2, 0) is 6.54 Å². The molecule has 4 aliphatic heterocycles. The third kappa shape index (κ3) is 5.40. The molecule has 0 aromatic carbocycles. The van der Waals surface area contributed by atoms with Gasteiger partial charge in [0.1, 0.15) is 5.82 Å². The van der Waals surface area contributed by atoms with Crippen LogP contribution < -0.4 is 10.2 Å². The molecule has 6 rings (SSSR count). The smallest absolute Gasteiger partial charge is 0.272 e. The molecule has 0 radical (unpaired) electrons. The van der Waals surface area contributed by atoms with Crippen molar-refractivity contribution < 1.29 is 4.79 Å². The normalized spacial score (nSPS) is 26.5. The minimum absolute atomic E-state index is 0.0502. The molecule has 2 aromatic heterocycles. The number of aryl methyl sites for hydroxylation is 1. The van der Waals surface area contributed by atoms with E-state index in [0.717, 1.165) is 88.2 Å². The maximum atomic E-state index is 13.3. The molecular weight excluding hydrogens is 412 g/mol. The van der Waals surface area contributed by atoms with Gasteiger partial charge in [0.15, 0.2) is 11.3 Å². The van der Waals surface area contributed by atoms with Gasteiger partial charge in [-0.15, -0.1) is 0 Å². The van der Waals surface area contributed by atoms with E-state index in [1.165, 1.54) is 32.1 Å². The highest BCUT2D eigenvalue weighted by Gasteiger charge is 2.25. The standard InChI is InChI=1S/C26H38N6O/c33-26-24-22-11-12-23(31-16-8-5-6-9-17-31)28-25(22)32(29-24)18-10-4-2-1-3-7-15-30-19-13-21(27-26)14-20-30/h3,7,11-12,21H,1-2,4-6,8-10,13-20H2,(H,27,33)/b7-3+. The van der Waals surface area contributed by atoms with Crippen LogP contribution in [0.3, 0.4) is 0 Å². The van der Waals surface area contributed by atoms with Crippen LogP contribution in [0.25, 0.3) is 11.0 Å². The lowest BCUT2D eigenvalue weighted by Crippen LogP contribution is -2.44. The number of hydrogen-bond acceptors (Lipinski definition) is 5. The largest absolute Gasteiger partial charge is 0.357 e. The Hall–Kier alpha value is -2.41. The van der Waals surface area contributed by atoms with Crippen LogP contribution in [0, 0.1) is 0 Å². The van der Waals surface area contributed by atoms with Gasteiger partial charge in [0.2, 0.25) is 0 Å². The quantitative estimate of drug-likeness (QED) is 0.662. The highest BCUT2D eigenvalue weighted by Crippen LogP contribution is 2.24. The van der Waals surface area contributed by atoms with E-state index in [0.29, 0.717) is 5.69 Å². The van der Waals surface area contributed by atoms with Crippen molar-refractivity contribution in [1.29, 1.82) is 0 Å². The molecule has 33 heavy (non-hydrogen) atoms. The Labute approximate surface area is 197 Å². The number of amides is 1. The van der Waals surface area contributed by atoms with Crippen molar-refractivity contribution in [3.05, 3.63) is 30.0 Å². The number of carbonyl (C=O) groups is 1. The predicted molar refractivity (Wildman–Crippen MR) is 133 cm³/mol. The lowest BCUT2D eigenvalue weighted by molar-refractivity contribution is 0.0909. The Balaban J connectivity index is 1.43. The Morgan fingerprint density at radius 2 is 1.61 bits per heavy atom. The molecule has 4 bridgehead atoms. The van der Waals surface area contributed by atoms with E-state index < -0.39 is 0 Å². The summed E-state index contributed by atoms with van der Waals surface area (Å²) in [4.78, 5) is 23.2. The van der Waals surface area contributed by atoms with Crippen molar-refractivity contribution in [3.8, 4) is 0 Å². The summed E-state index contributed by atoms with van der Waals surface area (Å²) in [6, 6.07) is 4.39. The number of rotatable bonds is 1. The number of allylic oxidation sites excluding steroid dienone is 1. The van der Waals surface area contributed by atoms with E-state index >= 15 is 0 Å². The molecule has 0 unspecified atom stereocenters. The van der Waals surface area contributed by atoms with Crippen molar-refractivity contribution in [2.75, 3.05) is 37.6 Å². The van der Waals surface area contributed by atoms with Gasteiger partial charge in [0.05, 0.1) is 5.39 Å². The van der Waals surface area contributed by atoms with Crippen molar-refractivity contribution in [2.24, 2.45) is 0 Å². The molecule has 1 N–H and O–H groups in total. The number of pyridine rings is 1. The predicted octanol–water partition coefficient (Wildman–Crippen LogP) is 4.14. The molecular formula is C26H38N6O. The van der Waals surface area contributed by atoms with Crippen molar-refractivity contribution in [1.82, 2.24) is 25.0 Å². The average Bonchev–Trinajstić information content (AvgIpc) is 2.99. The molecule has 0 aliphatic carbocycles. The zero-order chi connectivity index (χ0) is 22.5. The summed E-state index contributed by atoms with van der Waals surface area (Å²) in [5.74, 6) is 0.975. The van der Waals surface area contributed by atoms with Crippen molar-refractivity contribution in [2.45, 2.75) is 76.8 Å². The van der Waals surface area contributed by atoms with Gasteiger partial charge in [-0.05, 0) is 57.1 Å². The van der Waals surface area contributed by atoms with E-state index in [2.05, 4.69) is 39.4 Å². The zero-order valence-electron chi connectivity index (χ0n) is 19.8. The molecule has 4 aliphatic rings. The van der Waals surface area contributed by atoms with Crippen LogP contribution in [0.15, 0.2) is 24.3 Å². The fourth-order valence-corrected chi connectivity index (χ4v) is 5.40. The Morgan fingerprint density at radius 3 is 2.42 bits per heavy atom. The summed E-state index contributed by atoms with van der Waals surface area (Å²) < 4.78 is 1.99. The summed E-state index contributed by atoms with van der Waals surface area (Å²) in [6.07, 6.45) is 16.2.